The maximum absolute atomic E-state index is 4.53. The van der Waals surface area contributed by atoms with Crippen molar-refractivity contribution < 1.29 is 0 Å². The highest BCUT2D eigenvalue weighted by Gasteiger charge is 2.15. The van der Waals surface area contributed by atoms with Gasteiger partial charge in [-0.25, -0.2) is 0 Å². The molecule has 0 saturated carbocycles. The minimum Gasteiger partial charge on any atom is -0.310 e. The molecular weight excluding hydrogens is 278 g/mol. The highest BCUT2D eigenvalue weighted by Crippen LogP contribution is 2.22. The molecule has 2 atom stereocenters. The van der Waals surface area contributed by atoms with Crippen molar-refractivity contribution in [2.24, 2.45) is 5.92 Å². The molecule has 0 spiro atoms. The van der Waals surface area contributed by atoms with Crippen LogP contribution in [0.4, 0.5) is 0 Å². The fraction of sp³-hybridized carbons (Fsp3) is 0.588. The van der Waals surface area contributed by atoms with Crippen LogP contribution < -0.4 is 5.32 Å². The van der Waals surface area contributed by atoms with Gasteiger partial charge in [0.1, 0.15) is 0 Å². The predicted octanol–water partition coefficient (Wildman–Crippen LogP) is 3.68. The smallest absolute Gasteiger partial charge is 0.0809 e. The van der Waals surface area contributed by atoms with Crippen LogP contribution in [0.3, 0.4) is 0 Å². The van der Waals surface area contributed by atoms with E-state index in [4.69, 9.17) is 0 Å². The molecule has 1 fully saturated rings. The number of nitrogens with one attached hydrogen (secondary N) is 1. The molecule has 3 rings (SSSR count). The normalized spacial score (nSPS) is 19.1. The molecule has 0 amide bonds. The Hall–Kier alpha value is -0.970. The van der Waals surface area contributed by atoms with Gasteiger partial charge in [-0.05, 0) is 68.4 Å². The van der Waals surface area contributed by atoms with Crippen LogP contribution in [0.25, 0.3) is 10.2 Å². The molecule has 2 aromatic heterocycles. The van der Waals surface area contributed by atoms with Gasteiger partial charge in [0.2, 0.25) is 0 Å². The van der Waals surface area contributed by atoms with Crippen LogP contribution in [0.2, 0.25) is 0 Å². The van der Waals surface area contributed by atoms with Gasteiger partial charge in [0, 0.05) is 18.8 Å². The van der Waals surface area contributed by atoms with Crippen molar-refractivity contribution in [3.8, 4) is 0 Å². The quantitative estimate of drug-likeness (QED) is 0.882. The zero-order valence-electron chi connectivity index (χ0n) is 13.0. The van der Waals surface area contributed by atoms with Crippen molar-refractivity contribution in [2.75, 3.05) is 26.2 Å². The molecule has 1 saturated heterocycles. The molecule has 4 heteroatoms. The average Bonchev–Trinajstić information content (AvgIpc) is 3.14. The number of aromatic nitrogens is 1. The molecule has 1 aliphatic heterocycles. The molecule has 1 aliphatic rings. The molecule has 0 bridgehead atoms. The van der Waals surface area contributed by atoms with Gasteiger partial charge in [0.15, 0.2) is 0 Å². The molecular formula is C17H25N3S. The molecule has 0 aromatic carbocycles. The second-order valence-electron chi connectivity index (χ2n) is 6.32. The number of fused-ring (bicyclic) bond motifs is 1. The summed E-state index contributed by atoms with van der Waals surface area (Å²) in [4.78, 5) is 7.13. The van der Waals surface area contributed by atoms with Crippen molar-refractivity contribution in [2.45, 2.75) is 32.7 Å². The van der Waals surface area contributed by atoms with E-state index in [-0.39, 0.29) is 0 Å². The first-order valence-electron chi connectivity index (χ1n) is 8.01. The summed E-state index contributed by atoms with van der Waals surface area (Å²) in [5, 5.41) is 5.78. The van der Waals surface area contributed by atoms with Crippen molar-refractivity contribution >= 4 is 21.6 Å². The minimum atomic E-state index is 0.366. The van der Waals surface area contributed by atoms with Crippen LogP contribution in [0.15, 0.2) is 23.7 Å². The first kappa shape index (κ1) is 14.9. The van der Waals surface area contributed by atoms with E-state index in [1.807, 2.05) is 6.20 Å². The third-order valence-electron chi connectivity index (χ3n) is 4.36. The summed E-state index contributed by atoms with van der Waals surface area (Å²) in [5.74, 6) is 0.698. The molecule has 3 heterocycles. The van der Waals surface area contributed by atoms with Crippen LogP contribution in [-0.4, -0.2) is 36.1 Å². The second-order valence-corrected chi connectivity index (χ2v) is 7.26. The maximum atomic E-state index is 4.53. The molecule has 2 unspecified atom stereocenters. The van der Waals surface area contributed by atoms with Gasteiger partial charge in [-0.2, -0.15) is 0 Å². The number of likely N-dealkylation sites (tertiary alicyclic amines) is 1. The van der Waals surface area contributed by atoms with E-state index >= 15 is 0 Å². The molecule has 21 heavy (non-hydrogen) atoms. The van der Waals surface area contributed by atoms with Gasteiger partial charge in [0.05, 0.1) is 10.2 Å². The van der Waals surface area contributed by atoms with Crippen molar-refractivity contribution in [3.05, 3.63) is 29.3 Å². The first-order valence-corrected chi connectivity index (χ1v) is 8.89. The van der Waals surface area contributed by atoms with Gasteiger partial charge < -0.3 is 10.2 Å². The van der Waals surface area contributed by atoms with Crippen LogP contribution >= 0.6 is 11.3 Å². The molecule has 0 aliphatic carbocycles. The van der Waals surface area contributed by atoms with E-state index in [1.165, 1.54) is 42.7 Å². The van der Waals surface area contributed by atoms with Crippen LogP contribution in [0.5, 0.6) is 0 Å². The number of nitrogens with zero attached hydrogens (tertiary/aromatic N) is 2. The second kappa shape index (κ2) is 6.86. The third kappa shape index (κ3) is 3.82. The highest BCUT2D eigenvalue weighted by atomic mass is 32.1. The summed E-state index contributed by atoms with van der Waals surface area (Å²) in [5.41, 5.74) is 2.40. The van der Waals surface area contributed by atoms with Gasteiger partial charge in [-0.3, -0.25) is 4.98 Å². The van der Waals surface area contributed by atoms with Crippen LogP contribution in [-0.2, 0) is 0 Å². The Morgan fingerprint density at radius 3 is 2.95 bits per heavy atom. The standard InChI is InChI=1S/C17H25N3S/c1-13(12-20-6-3-4-7-20)10-18-14(2)15-9-17-16(19-11-15)5-8-21-17/h5,8-9,11,13-14,18H,3-4,6-7,10,12H2,1-2H3. The van der Waals surface area contributed by atoms with E-state index in [9.17, 15) is 0 Å². The Labute approximate surface area is 131 Å². The average molecular weight is 303 g/mol. The molecule has 114 valence electrons. The van der Waals surface area contributed by atoms with Crippen LogP contribution in [0.1, 0.15) is 38.3 Å². The first-order chi connectivity index (χ1) is 10.2. The third-order valence-corrected chi connectivity index (χ3v) is 5.22. The number of thiophene rings is 1. The Kier molecular flexibility index (Phi) is 4.88. The van der Waals surface area contributed by atoms with Crippen molar-refractivity contribution in [3.63, 3.8) is 0 Å². The Morgan fingerprint density at radius 1 is 1.33 bits per heavy atom. The fourth-order valence-electron chi connectivity index (χ4n) is 3.06. The van der Waals surface area contributed by atoms with Crippen molar-refractivity contribution in [1.29, 1.82) is 0 Å². The topological polar surface area (TPSA) is 28.2 Å². The monoisotopic (exact) mass is 303 g/mol. The Balaban J connectivity index is 1.51. The zero-order valence-corrected chi connectivity index (χ0v) is 13.8. The van der Waals surface area contributed by atoms with E-state index < -0.39 is 0 Å². The number of hydrogen-bond donors (Lipinski definition) is 1. The lowest BCUT2D eigenvalue weighted by molar-refractivity contribution is 0.279. The van der Waals surface area contributed by atoms with E-state index in [0.717, 1.165) is 12.1 Å². The largest absolute Gasteiger partial charge is 0.310 e. The fourth-order valence-corrected chi connectivity index (χ4v) is 3.85. The highest BCUT2D eigenvalue weighted by molar-refractivity contribution is 7.17. The Bertz CT molecular complexity index is 574. The molecule has 3 nitrogen and oxygen atoms in total. The summed E-state index contributed by atoms with van der Waals surface area (Å²) in [6.45, 7) is 9.46. The molecule has 2 aromatic rings. The van der Waals surface area contributed by atoms with Crippen LogP contribution in [0, 0.1) is 5.92 Å². The molecule has 1 N–H and O–H groups in total. The van der Waals surface area contributed by atoms with E-state index in [0.29, 0.717) is 12.0 Å². The maximum Gasteiger partial charge on any atom is 0.0809 e. The lowest BCUT2D eigenvalue weighted by Crippen LogP contribution is -2.32. The van der Waals surface area contributed by atoms with E-state index in [1.54, 1.807) is 11.3 Å². The summed E-state index contributed by atoms with van der Waals surface area (Å²) < 4.78 is 1.28. The lowest BCUT2D eigenvalue weighted by atomic mass is 10.1. The number of rotatable bonds is 6. The predicted molar refractivity (Wildman–Crippen MR) is 90.9 cm³/mol. The van der Waals surface area contributed by atoms with Crippen molar-refractivity contribution in [1.82, 2.24) is 15.2 Å². The number of pyridine rings is 1. The molecule has 0 radical (unpaired) electrons. The summed E-state index contributed by atoms with van der Waals surface area (Å²) in [7, 11) is 0. The zero-order chi connectivity index (χ0) is 14.7. The SMILES string of the molecule is CC(CNC(C)c1cnc2ccsc2c1)CN1CCCC1. The minimum absolute atomic E-state index is 0.366. The van der Waals surface area contributed by atoms with Gasteiger partial charge in [0.25, 0.3) is 0 Å². The van der Waals surface area contributed by atoms with E-state index in [2.05, 4.69) is 46.6 Å². The van der Waals surface area contributed by atoms with Gasteiger partial charge in [-0.15, -0.1) is 11.3 Å². The summed E-state index contributed by atoms with van der Waals surface area (Å²) in [6.07, 6.45) is 4.77. The Morgan fingerprint density at radius 2 is 2.14 bits per heavy atom. The van der Waals surface area contributed by atoms with Gasteiger partial charge >= 0.3 is 0 Å². The summed E-state index contributed by atoms with van der Waals surface area (Å²) in [6, 6.07) is 4.72. The lowest BCUT2D eigenvalue weighted by Gasteiger charge is -2.22. The van der Waals surface area contributed by atoms with Gasteiger partial charge in [-0.1, -0.05) is 6.92 Å². The number of hydrogen-bond acceptors (Lipinski definition) is 4. The summed E-state index contributed by atoms with van der Waals surface area (Å²) >= 11 is 1.77.